The summed E-state index contributed by atoms with van der Waals surface area (Å²) in [6.07, 6.45) is 0. The summed E-state index contributed by atoms with van der Waals surface area (Å²) in [5.41, 5.74) is 0.518. The van der Waals surface area contributed by atoms with E-state index < -0.39 is 0 Å². The number of aromatic nitrogens is 2. The lowest BCUT2D eigenvalue weighted by atomic mass is 10.3. The zero-order chi connectivity index (χ0) is 14.1. The Kier molecular flexibility index (Phi) is 3.65. The van der Waals surface area contributed by atoms with Crippen molar-refractivity contribution in [3.8, 4) is 5.75 Å². The first kappa shape index (κ1) is 13.4. The number of hydrogen-bond acceptors (Lipinski definition) is 4. The van der Waals surface area contributed by atoms with Crippen molar-refractivity contribution < 1.29 is 4.74 Å². The second-order valence-corrected chi connectivity index (χ2v) is 5.74. The van der Waals surface area contributed by atoms with Crippen LogP contribution in [0.3, 0.4) is 0 Å². The third-order valence-corrected chi connectivity index (χ3v) is 4.27. The lowest BCUT2D eigenvalue weighted by Gasteiger charge is -2.06. The first-order valence-electron chi connectivity index (χ1n) is 5.68. The van der Waals surface area contributed by atoms with Gasteiger partial charge in [-0.05, 0) is 23.6 Å². The van der Waals surface area contributed by atoms with Gasteiger partial charge < -0.3 is 9.72 Å². The van der Waals surface area contributed by atoms with Gasteiger partial charge in [-0.25, -0.2) is 4.98 Å². The molecule has 3 aromatic rings. The van der Waals surface area contributed by atoms with E-state index in [0.29, 0.717) is 31.8 Å². The maximum Gasteiger partial charge on any atom is 0.268 e. The summed E-state index contributed by atoms with van der Waals surface area (Å²) < 4.78 is 6.15. The Balaban J connectivity index is 1.82. The Morgan fingerprint density at radius 2 is 2.10 bits per heavy atom. The number of hydrogen-bond donors (Lipinski definition) is 1. The molecule has 0 spiro atoms. The minimum Gasteiger partial charge on any atom is -0.486 e. The SMILES string of the molecule is O=c1[nH]c(COc2ccc(Cl)c(Cl)c2)nc2ccsc12. The van der Waals surface area contributed by atoms with Gasteiger partial charge in [0.25, 0.3) is 5.56 Å². The van der Waals surface area contributed by atoms with Crippen LogP contribution >= 0.6 is 34.5 Å². The standard InChI is InChI=1S/C13H8Cl2N2O2S/c14-8-2-1-7(5-9(8)15)19-6-11-16-10-3-4-20-12(10)13(18)17-11/h1-5H,6H2,(H,16,17,18). The molecule has 0 aliphatic carbocycles. The number of benzene rings is 1. The molecule has 0 saturated heterocycles. The van der Waals surface area contributed by atoms with E-state index in [2.05, 4.69) is 9.97 Å². The summed E-state index contributed by atoms with van der Waals surface area (Å²) in [7, 11) is 0. The van der Waals surface area contributed by atoms with Gasteiger partial charge in [-0.3, -0.25) is 4.79 Å². The molecule has 0 saturated carbocycles. The summed E-state index contributed by atoms with van der Waals surface area (Å²) in [5, 5.41) is 2.71. The van der Waals surface area contributed by atoms with Crippen LogP contribution in [-0.2, 0) is 6.61 Å². The Labute approximate surface area is 127 Å². The van der Waals surface area contributed by atoms with Crippen molar-refractivity contribution in [1.29, 1.82) is 0 Å². The lowest BCUT2D eigenvalue weighted by Crippen LogP contribution is -2.12. The Morgan fingerprint density at radius 3 is 2.90 bits per heavy atom. The average Bonchev–Trinajstić information content (AvgIpc) is 2.89. The van der Waals surface area contributed by atoms with Crippen LogP contribution in [0.2, 0.25) is 10.0 Å². The van der Waals surface area contributed by atoms with Crippen molar-refractivity contribution in [2.45, 2.75) is 6.61 Å². The highest BCUT2D eigenvalue weighted by Crippen LogP contribution is 2.26. The van der Waals surface area contributed by atoms with Crippen LogP contribution in [0.15, 0.2) is 34.4 Å². The van der Waals surface area contributed by atoms with E-state index in [4.69, 9.17) is 27.9 Å². The minimum atomic E-state index is -0.155. The molecule has 0 bridgehead atoms. The first-order valence-corrected chi connectivity index (χ1v) is 7.31. The molecule has 0 aliphatic heterocycles. The van der Waals surface area contributed by atoms with Crippen molar-refractivity contribution in [3.63, 3.8) is 0 Å². The van der Waals surface area contributed by atoms with Gasteiger partial charge in [0, 0.05) is 6.07 Å². The Hall–Kier alpha value is -1.56. The van der Waals surface area contributed by atoms with Crippen LogP contribution < -0.4 is 10.3 Å². The van der Waals surface area contributed by atoms with Crippen LogP contribution in [0, 0.1) is 0 Å². The fourth-order valence-corrected chi connectivity index (χ4v) is 2.72. The van der Waals surface area contributed by atoms with E-state index >= 15 is 0 Å². The van der Waals surface area contributed by atoms with Crippen molar-refractivity contribution in [3.05, 3.63) is 55.9 Å². The number of fused-ring (bicyclic) bond motifs is 1. The highest BCUT2D eigenvalue weighted by Gasteiger charge is 2.06. The number of rotatable bonds is 3. The molecular formula is C13H8Cl2N2O2S. The number of H-pyrrole nitrogens is 1. The van der Waals surface area contributed by atoms with Crippen molar-refractivity contribution in [2.75, 3.05) is 0 Å². The van der Waals surface area contributed by atoms with E-state index in [0.717, 1.165) is 0 Å². The average molecular weight is 327 g/mol. The quantitative estimate of drug-likeness (QED) is 0.794. The smallest absolute Gasteiger partial charge is 0.268 e. The number of nitrogens with zero attached hydrogens (tertiary/aromatic N) is 1. The molecule has 0 radical (unpaired) electrons. The summed E-state index contributed by atoms with van der Waals surface area (Å²) >= 11 is 13.1. The van der Waals surface area contributed by atoms with E-state index in [-0.39, 0.29) is 12.2 Å². The van der Waals surface area contributed by atoms with E-state index in [1.54, 1.807) is 24.3 Å². The number of halogens is 2. The molecule has 4 nitrogen and oxygen atoms in total. The molecule has 0 atom stereocenters. The monoisotopic (exact) mass is 326 g/mol. The van der Waals surface area contributed by atoms with Crippen molar-refractivity contribution in [1.82, 2.24) is 9.97 Å². The number of thiophene rings is 1. The van der Waals surface area contributed by atoms with Crippen LogP contribution in [0.25, 0.3) is 10.2 Å². The highest BCUT2D eigenvalue weighted by molar-refractivity contribution is 7.17. The topological polar surface area (TPSA) is 55.0 Å². The van der Waals surface area contributed by atoms with E-state index in [9.17, 15) is 4.79 Å². The van der Waals surface area contributed by atoms with Gasteiger partial charge in [-0.2, -0.15) is 0 Å². The first-order chi connectivity index (χ1) is 9.63. The molecule has 0 amide bonds. The summed E-state index contributed by atoms with van der Waals surface area (Å²) in [6.45, 7) is 0.152. The third kappa shape index (κ3) is 2.65. The predicted molar refractivity (Wildman–Crippen MR) is 81.0 cm³/mol. The fraction of sp³-hybridized carbons (Fsp3) is 0.0769. The third-order valence-electron chi connectivity index (χ3n) is 2.63. The van der Waals surface area contributed by atoms with Crippen LogP contribution in [0.1, 0.15) is 5.82 Å². The van der Waals surface area contributed by atoms with E-state index in [1.165, 1.54) is 11.3 Å². The molecule has 2 aromatic heterocycles. The molecule has 1 N–H and O–H groups in total. The fourth-order valence-electron chi connectivity index (χ4n) is 1.71. The van der Waals surface area contributed by atoms with Gasteiger partial charge in [0.15, 0.2) is 0 Å². The van der Waals surface area contributed by atoms with Crippen LogP contribution in [0.4, 0.5) is 0 Å². The number of aromatic amines is 1. The van der Waals surface area contributed by atoms with Gasteiger partial charge >= 0.3 is 0 Å². The molecule has 1 aromatic carbocycles. The van der Waals surface area contributed by atoms with Gasteiger partial charge in [0.1, 0.15) is 22.9 Å². The summed E-state index contributed by atoms with van der Waals surface area (Å²) in [4.78, 5) is 18.8. The Bertz CT molecular complexity index is 829. The zero-order valence-electron chi connectivity index (χ0n) is 10.0. The van der Waals surface area contributed by atoms with Gasteiger partial charge in [-0.1, -0.05) is 23.2 Å². The molecule has 0 unspecified atom stereocenters. The molecule has 0 aliphatic rings. The normalized spacial score (nSPS) is 10.9. The summed E-state index contributed by atoms with van der Waals surface area (Å²) in [6, 6.07) is 6.77. The molecule has 2 heterocycles. The van der Waals surface area contributed by atoms with Gasteiger partial charge in [-0.15, -0.1) is 11.3 Å². The zero-order valence-corrected chi connectivity index (χ0v) is 12.4. The minimum absolute atomic E-state index is 0.152. The second-order valence-electron chi connectivity index (χ2n) is 4.01. The molecule has 3 rings (SSSR count). The lowest BCUT2D eigenvalue weighted by molar-refractivity contribution is 0.296. The van der Waals surface area contributed by atoms with Crippen LogP contribution in [0.5, 0.6) is 5.75 Å². The van der Waals surface area contributed by atoms with Gasteiger partial charge in [0.05, 0.1) is 15.6 Å². The molecular weight excluding hydrogens is 319 g/mol. The largest absolute Gasteiger partial charge is 0.486 e. The predicted octanol–water partition coefficient (Wildman–Crippen LogP) is 3.87. The highest BCUT2D eigenvalue weighted by atomic mass is 35.5. The molecule has 7 heteroatoms. The molecule has 20 heavy (non-hydrogen) atoms. The van der Waals surface area contributed by atoms with E-state index in [1.807, 2.05) is 5.38 Å². The van der Waals surface area contributed by atoms with Crippen molar-refractivity contribution in [2.24, 2.45) is 0 Å². The Morgan fingerprint density at radius 1 is 1.25 bits per heavy atom. The maximum absolute atomic E-state index is 11.8. The van der Waals surface area contributed by atoms with Gasteiger partial charge in [0.2, 0.25) is 0 Å². The number of ether oxygens (including phenoxy) is 1. The van der Waals surface area contributed by atoms with Crippen LogP contribution in [-0.4, -0.2) is 9.97 Å². The number of nitrogens with one attached hydrogen (secondary N) is 1. The molecule has 102 valence electrons. The molecule has 0 fully saturated rings. The second kappa shape index (κ2) is 5.44. The van der Waals surface area contributed by atoms with Crippen molar-refractivity contribution >= 4 is 44.8 Å². The summed E-state index contributed by atoms with van der Waals surface area (Å²) in [5.74, 6) is 1.03. The maximum atomic E-state index is 11.8.